The van der Waals surface area contributed by atoms with E-state index in [1.165, 1.54) is 16.4 Å². The predicted octanol–water partition coefficient (Wildman–Crippen LogP) is 1.96. The summed E-state index contributed by atoms with van der Waals surface area (Å²) in [5, 5.41) is 2.89. The van der Waals surface area contributed by atoms with Crippen LogP contribution in [0.5, 0.6) is 5.75 Å². The van der Waals surface area contributed by atoms with E-state index in [2.05, 4.69) is 10.2 Å². The van der Waals surface area contributed by atoms with Gasteiger partial charge in [-0.3, -0.25) is 9.69 Å². The quantitative estimate of drug-likeness (QED) is 0.686. The Morgan fingerprint density at radius 1 is 1.07 bits per heavy atom. The third kappa shape index (κ3) is 5.35. The van der Waals surface area contributed by atoms with E-state index in [4.69, 9.17) is 4.74 Å². The lowest BCUT2D eigenvalue weighted by molar-refractivity contribution is 0.0941. The topological polar surface area (TPSA) is 79.0 Å². The number of para-hydroxylation sites is 1. The molecule has 1 aliphatic heterocycles. The van der Waals surface area contributed by atoms with Crippen molar-refractivity contribution in [1.82, 2.24) is 14.5 Å². The van der Waals surface area contributed by atoms with Crippen molar-refractivity contribution in [3.8, 4) is 5.75 Å². The molecule has 1 aliphatic rings. The molecule has 0 bridgehead atoms. The number of nitrogens with zero attached hydrogens (tertiary/aromatic N) is 2. The summed E-state index contributed by atoms with van der Waals surface area (Å²) in [7, 11) is -3.63. The van der Waals surface area contributed by atoms with Crippen molar-refractivity contribution < 1.29 is 22.3 Å². The third-order valence-corrected chi connectivity index (χ3v) is 6.84. The van der Waals surface area contributed by atoms with Gasteiger partial charge in [0, 0.05) is 39.3 Å². The third-order valence-electron chi connectivity index (χ3n) is 4.93. The average Bonchev–Trinajstić information content (AvgIpc) is 2.75. The second-order valence-electron chi connectivity index (χ2n) is 6.88. The molecule has 1 saturated heterocycles. The molecule has 9 heteroatoms. The van der Waals surface area contributed by atoms with Gasteiger partial charge in [-0.15, -0.1) is 0 Å². The molecule has 3 rings (SSSR count). The highest BCUT2D eigenvalue weighted by atomic mass is 32.2. The van der Waals surface area contributed by atoms with E-state index >= 15 is 0 Å². The van der Waals surface area contributed by atoms with Crippen molar-refractivity contribution >= 4 is 15.9 Å². The number of hydrogen-bond acceptors (Lipinski definition) is 5. The zero-order chi connectivity index (χ0) is 21.6. The zero-order valence-corrected chi connectivity index (χ0v) is 17.7. The highest BCUT2D eigenvalue weighted by Crippen LogP contribution is 2.19. The van der Waals surface area contributed by atoms with Crippen LogP contribution in [0.15, 0.2) is 53.4 Å². The van der Waals surface area contributed by atoms with Crippen LogP contribution in [0, 0.1) is 5.82 Å². The monoisotopic (exact) mass is 435 g/mol. The minimum absolute atomic E-state index is 0.0950. The van der Waals surface area contributed by atoms with Crippen LogP contribution in [0.2, 0.25) is 0 Å². The van der Waals surface area contributed by atoms with Gasteiger partial charge >= 0.3 is 0 Å². The molecule has 0 unspecified atom stereocenters. The molecule has 0 spiro atoms. The number of nitrogens with one attached hydrogen (secondary N) is 1. The maximum Gasteiger partial charge on any atom is 0.255 e. The molecule has 0 atom stereocenters. The summed E-state index contributed by atoms with van der Waals surface area (Å²) < 4.78 is 45.3. The minimum atomic E-state index is -3.63. The smallest absolute Gasteiger partial charge is 0.255 e. The average molecular weight is 436 g/mol. The lowest BCUT2D eigenvalue weighted by Gasteiger charge is -2.34. The van der Waals surface area contributed by atoms with Gasteiger partial charge in [-0.05, 0) is 43.3 Å². The first-order chi connectivity index (χ1) is 14.4. The number of carbonyl (C=O) groups excluding carboxylic acids is 1. The molecule has 1 fully saturated rings. The van der Waals surface area contributed by atoms with Gasteiger partial charge < -0.3 is 10.1 Å². The van der Waals surface area contributed by atoms with E-state index in [1.54, 1.807) is 18.2 Å². The lowest BCUT2D eigenvalue weighted by Crippen LogP contribution is -2.50. The van der Waals surface area contributed by atoms with E-state index in [0.717, 1.165) is 12.1 Å². The predicted molar refractivity (Wildman–Crippen MR) is 112 cm³/mol. The molecule has 2 aromatic carbocycles. The molecular weight excluding hydrogens is 409 g/mol. The Hall–Kier alpha value is -2.49. The molecule has 0 aliphatic carbocycles. The Balaban J connectivity index is 1.47. The maximum atomic E-state index is 13.1. The van der Waals surface area contributed by atoms with Gasteiger partial charge in [0.15, 0.2) is 0 Å². The highest BCUT2D eigenvalue weighted by molar-refractivity contribution is 7.89. The largest absolute Gasteiger partial charge is 0.493 e. The van der Waals surface area contributed by atoms with Gasteiger partial charge in [0.05, 0.1) is 17.1 Å². The molecule has 30 heavy (non-hydrogen) atoms. The Labute approximate surface area is 176 Å². The molecule has 1 N–H and O–H groups in total. The minimum Gasteiger partial charge on any atom is -0.493 e. The standard InChI is InChI=1S/C21H26FN3O4S/c1-2-29-20-6-4-3-5-19(20)21(26)23-11-12-24-13-15-25(16-14-24)30(27,28)18-9-7-17(22)8-10-18/h3-10H,2,11-16H2,1H3,(H,23,26). The first-order valence-corrected chi connectivity index (χ1v) is 11.3. The van der Waals surface area contributed by atoms with E-state index in [9.17, 15) is 17.6 Å². The molecule has 0 saturated carbocycles. The second kappa shape index (κ2) is 10.0. The number of benzene rings is 2. The summed E-state index contributed by atoms with van der Waals surface area (Å²) >= 11 is 0. The van der Waals surface area contributed by atoms with E-state index < -0.39 is 15.8 Å². The van der Waals surface area contributed by atoms with Crippen molar-refractivity contribution in [1.29, 1.82) is 0 Å². The van der Waals surface area contributed by atoms with Crippen LogP contribution in [0.25, 0.3) is 0 Å². The van der Waals surface area contributed by atoms with Crippen LogP contribution in [0.3, 0.4) is 0 Å². The number of amides is 1. The van der Waals surface area contributed by atoms with E-state index in [1.807, 2.05) is 13.0 Å². The van der Waals surface area contributed by atoms with Gasteiger partial charge in [-0.25, -0.2) is 12.8 Å². The molecule has 1 heterocycles. The summed E-state index contributed by atoms with van der Waals surface area (Å²) in [6.07, 6.45) is 0. The number of halogens is 1. The molecular formula is C21H26FN3O4S. The summed E-state index contributed by atoms with van der Waals surface area (Å²) in [5.41, 5.74) is 0.495. The Morgan fingerprint density at radius 3 is 2.40 bits per heavy atom. The SMILES string of the molecule is CCOc1ccccc1C(=O)NCCN1CCN(S(=O)(=O)c2ccc(F)cc2)CC1. The first kappa shape index (κ1) is 22.2. The van der Waals surface area contributed by atoms with Crippen LogP contribution in [0.1, 0.15) is 17.3 Å². The fraction of sp³-hybridized carbons (Fsp3) is 0.381. The summed E-state index contributed by atoms with van der Waals surface area (Å²) in [6, 6.07) is 12.0. The molecule has 162 valence electrons. The Morgan fingerprint density at radius 2 is 1.73 bits per heavy atom. The molecule has 0 aromatic heterocycles. The molecule has 1 amide bonds. The highest BCUT2D eigenvalue weighted by Gasteiger charge is 2.28. The zero-order valence-electron chi connectivity index (χ0n) is 16.9. The summed E-state index contributed by atoms with van der Waals surface area (Å²) in [5.74, 6) is -0.113. The van der Waals surface area contributed by atoms with Crippen molar-refractivity contribution in [2.45, 2.75) is 11.8 Å². The number of ether oxygens (including phenoxy) is 1. The maximum absolute atomic E-state index is 13.1. The number of piperazine rings is 1. The normalized spacial score (nSPS) is 15.7. The fourth-order valence-electron chi connectivity index (χ4n) is 3.31. The molecule has 0 radical (unpaired) electrons. The van der Waals surface area contributed by atoms with Crippen LogP contribution in [0.4, 0.5) is 4.39 Å². The van der Waals surface area contributed by atoms with Crippen molar-refractivity contribution in [2.24, 2.45) is 0 Å². The van der Waals surface area contributed by atoms with Crippen LogP contribution in [-0.2, 0) is 10.0 Å². The van der Waals surface area contributed by atoms with Crippen LogP contribution >= 0.6 is 0 Å². The number of sulfonamides is 1. The number of hydrogen-bond donors (Lipinski definition) is 1. The van der Waals surface area contributed by atoms with Gasteiger partial charge in [0.1, 0.15) is 11.6 Å². The number of rotatable bonds is 8. The van der Waals surface area contributed by atoms with E-state index in [0.29, 0.717) is 57.2 Å². The summed E-state index contributed by atoms with van der Waals surface area (Å²) in [6.45, 7) is 5.23. The van der Waals surface area contributed by atoms with Gasteiger partial charge in [-0.1, -0.05) is 12.1 Å². The van der Waals surface area contributed by atoms with Crippen LogP contribution < -0.4 is 10.1 Å². The van der Waals surface area contributed by atoms with E-state index in [-0.39, 0.29) is 10.8 Å². The van der Waals surface area contributed by atoms with Gasteiger partial charge in [0.2, 0.25) is 10.0 Å². The lowest BCUT2D eigenvalue weighted by atomic mass is 10.2. The fourth-order valence-corrected chi connectivity index (χ4v) is 4.73. The van der Waals surface area contributed by atoms with Crippen LogP contribution in [-0.4, -0.2) is 69.4 Å². The molecule has 2 aromatic rings. The molecule has 7 nitrogen and oxygen atoms in total. The summed E-state index contributed by atoms with van der Waals surface area (Å²) in [4.78, 5) is 14.6. The Kier molecular flexibility index (Phi) is 7.41. The van der Waals surface area contributed by atoms with Crippen molar-refractivity contribution in [2.75, 3.05) is 45.9 Å². The van der Waals surface area contributed by atoms with Gasteiger partial charge in [-0.2, -0.15) is 4.31 Å². The Bertz CT molecular complexity index is 958. The second-order valence-corrected chi connectivity index (χ2v) is 8.82. The van der Waals surface area contributed by atoms with Gasteiger partial charge in [0.25, 0.3) is 5.91 Å². The van der Waals surface area contributed by atoms with Crippen molar-refractivity contribution in [3.05, 3.63) is 59.9 Å². The van der Waals surface area contributed by atoms with Crippen molar-refractivity contribution in [3.63, 3.8) is 0 Å². The first-order valence-electron chi connectivity index (χ1n) is 9.90. The number of carbonyl (C=O) groups is 1.